The number of ether oxygens (including phenoxy) is 5. The molecule has 0 spiro atoms. The van der Waals surface area contributed by atoms with Crippen LogP contribution in [0.5, 0.6) is 0 Å². The summed E-state index contributed by atoms with van der Waals surface area (Å²) < 4.78 is 45.8. The van der Waals surface area contributed by atoms with Crippen LogP contribution in [-0.4, -0.2) is 131 Å². The lowest BCUT2D eigenvalue weighted by Crippen LogP contribution is -2.52. The highest BCUT2D eigenvalue weighted by Gasteiger charge is 2.46. The van der Waals surface area contributed by atoms with Crippen LogP contribution in [0.15, 0.2) is 120 Å². The number of esters is 3. The predicted octanol–water partition coefficient (Wildman–Crippen LogP) is 5.04. The molecule has 27 heteroatoms. The van der Waals surface area contributed by atoms with Gasteiger partial charge < -0.3 is 59.9 Å². The fraction of sp³-hybridized carbons (Fsp3) is 0.333. The van der Waals surface area contributed by atoms with Gasteiger partial charge in [0.1, 0.15) is 38.4 Å². The molecule has 5 aromatic carbocycles. The number of carbonyl (C=O) groups is 10. The van der Waals surface area contributed by atoms with E-state index in [1.54, 1.807) is 117 Å². The smallest absolute Gasteiger partial charge is 0.343 e. The molecule has 25 nitrogen and oxygen atoms in total. The summed E-state index contributed by atoms with van der Waals surface area (Å²) in [4.78, 5) is 154. The summed E-state index contributed by atoms with van der Waals surface area (Å²) in [5.41, 5.74) is 3.08. The first kappa shape index (κ1) is 69.9. The van der Waals surface area contributed by atoms with Crippen molar-refractivity contribution in [2.45, 2.75) is 108 Å². The molecule has 5 heterocycles. The second kappa shape index (κ2) is 30.9. The van der Waals surface area contributed by atoms with Crippen molar-refractivity contribution in [1.29, 1.82) is 0 Å². The number of pyridine rings is 2. The number of nitrogens with one attached hydrogen (secondary N) is 5. The van der Waals surface area contributed by atoms with Crippen LogP contribution in [0.1, 0.15) is 115 Å². The van der Waals surface area contributed by atoms with Gasteiger partial charge in [-0.1, -0.05) is 97.9 Å². The summed E-state index contributed by atoms with van der Waals surface area (Å²) in [6, 6.07) is 30.5. The molecule has 4 atom stereocenters. The predicted molar refractivity (Wildman–Crippen MR) is 357 cm³/mol. The number of hydrogen-bond acceptors (Lipinski definition) is 19. The number of benzene rings is 5. The van der Waals surface area contributed by atoms with E-state index in [9.17, 15) is 57.8 Å². The van der Waals surface area contributed by atoms with E-state index in [0.29, 0.717) is 57.6 Å². The summed E-state index contributed by atoms with van der Waals surface area (Å²) >= 11 is 1.18. The van der Waals surface area contributed by atoms with E-state index in [1.165, 1.54) is 34.5 Å². The number of imide groups is 1. The van der Waals surface area contributed by atoms with E-state index in [2.05, 4.69) is 26.6 Å². The molecule has 1 aliphatic carbocycles. The summed E-state index contributed by atoms with van der Waals surface area (Å²) in [7, 11) is 0. The maximum absolute atomic E-state index is 15.5. The van der Waals surface area contributed by atoms with Gasteiger partial charge in [0, 0.05) is 41.8 Å². The van der Waals surface area contributed by atoms with Gasteiger partial charge in [-0.15, -0.1) is 0 Å². The van der Waals surface area contributed by atoms with Crippen molar-refractivity contribution in [1.82, 2.24) is 36.1 Å². The van der Waals surface area contributed by atoms with Crippen LogP contribution in [0.3, 0.4) is 0 Å². The van der Waals surface area contributed by atoms with Crippen molar-refractivity contribution in [2.75, 3.05) is 50.7 Å². The van der Waals surface area contributed by atoms with Crippen molar-refractivity contribution in [3.8, 4) is 11.4 Å². The maximum atomic E-state index is 15.5. The number of fused-ring (bicyclic) bond motifs is 5. The number of cyclic esters (lactones) is 1. The number of amides is 7. The topological polar surface area (TPSA) is 335 Å². The first-order valence-corrected chi connectivity index (χ1v) is 33.4. The Morgan fingerprint density at radius 1 is 0.758 bits per heavy atom. The Morgan fingerprint density at radius 3 is 2.01 bits per heavy atom. The number of hydrogen-bond donors (Lipinski definition) is 6. The molecule has 1 saturated heterocycles. The third-order valence-electron chi connectivity index (χ3n) is 17.8. The molecule has 2 unspecified atom stereocenters. The number of aryl methyl sites for hydroxylation is 1. The van der Waals surface area contributed by atoms with Gasteiger partial charge in [0.15, 0.2) is 5.60 Å². The normalized spacial score (nSPS) is 16.8. The van der Waals surface area contributed by atoms with Crippen LogP contribution in [0, 0.1) is 12.7 Å². The number of nitrogens with zero attached hydrogens (tertiary/aromatic N) is 3. The van der Waals surface area contributed by atoms with Crippen LogP contribution in [-0.2, 0) is 113 Å². The van der Waals surface area contributed by atoms with Gasteiger partial charge >= 0.3 is 17.9 Å². The minimum atomic E-state index is -2.04. The molecule has 99 heavy (non-hydrogen) atoms. The van der Waals surface area contributed by atoms with Gasteiger partial charge in [0.05, 0.1) is 90.0 Å². The lowest BCUT2D eigenvalue weighted by atomic mass is 9.82. The molecule has 0 bridgehead atoms. The van der Waals surface area contributed by atoms with E-state index >= 15 is 4.39 Å². The van der Waals surface area contributed by atoms with E-state index < -0.39 is 120 Å². The fourth-order valence-corrected chi connectivity index (χ4v) is 13.2. The third-order valence-corrected chi connectivity index (χ3v) is 18.8. The van der Waals surface area contributed by atoms with Gasteiger partial charge in [0.2, 0.25) is 41.4 Å². The zero-order valence-corrected chi connectivity index (χ0v) is 55.1. The van der Waals surface area contributed by atoms with Crippen LogP contribution in [0.2, 0.25) is 0 Å². The third kappa shape index (κ3) is 15.5. The Kier molecular flexibility index (Phi) is 21.8. The number of aromatic nitrogens is 2. The highest BCUT2D eigenvalue weighted by molar-refractivity contribution is 8.00. The Bertz CT molecular complexity index is 4350. The molecule has 7 aromatic rings. The van der Waals surface area contributed by atoms with E-state index in [0.717, 1.165) is 21.4 Å². The molecule has 514 valence electrons. The van der Waals surface area contributed by atoms with Crippen molar-refractivity contribution >= 4 is 87.6 Å². The maximum Gasteiger partial charge on any atom is 0.343 e. The van der Waals surface area contributed by atoms with Crippen LogP contribution in [0.25, 0.3) is 22.3 Å². The standard InChI is InChI=1S/C72H71FN8O17S/c1-4-72(93)51-29-55-65-49(35-80(55)67(88)50(51)38-98-71(72)92)64-56(22-20-45-40(2)52(73)30-53(79-65)63(45)64)95-25-24-94-39-77-60(84)33-76-66(87)54(26-41-14-8-5-9-15-41)78-61(85)34-75-59(83)32-74-58(82)23-21-46-47(69(90)96-36-42-16-10-6-11-17-42)27-44(81-62(86)31-57(99-3)68(81)89)28-48(46)70(91)97-37-43-18-12-7-13-19-43/h5-19,27-30,54,56-57,93H,4,20-26,31-39H2,1-3H3,(H,74,82)(H,75,83)(H,76,87)(H,77,84)(H,78,85)/t54?,56-,57?,72-/m0/s1. The molecule has 4 aliphatic rings. The lowest BCUT2D eigenvalue weighted by molar-refractivity contribution is -0.172. The summed E-state index contributed by atoms with van der Waals surface area (Å²) in [6.45, 7) is 0.767. The quantitative estimate of drug-likeness (QED) is 0.0123. The lowest BCUT2D eigenvalue weighted by Gasteiger charge is -2.31. The zero-order chi connectivity index (χ0) is 70.1. The van der Waals surface area contributed by atoms with Crippen LogP contribution >= 0.6 is 11.8 Å². The van der Waals surface area contributed by atoms with Gasteiger partial charge in [-0.05, 0) is 96.0 Å². The molecule has 0 saturated carbocycles. The van der Waals surface area contributed by atoms with Gasteiger partial charge in [-0.2, -0.15) is 11.8 Å². The highest BCUT2D eigenvalue weighted by atomic mass is 32.2. The number of rotatable bonds is 28. The molecular formula is C72H71FN8O17S. The molecule has 11 rings (SSSR count). The SMILES string of the molecule is CC[C@@]1(O)C(=O)OCc2c1cc1n(c2=O)Cc2c-1nc1cc(F)c(C)c3c1c2[C@@H](OCCOCNC(=O)CNC(=O)C(Cc1ccccc1)NC(=O)CNC(=O)CNC(=O)CCc1c(C(=O)OCc2ccccc2)cc(N2C(=O)CC(SC)C2=O)cc1C(=O)OCc1ccccc1)CC3. The van der Waals surface area contributed by atoms with Gasteiger partial charge in [-0.3, -0.25) is 38.4 Å². The Balaban J connectivity index is 0.669. The molecule has 7 amide bonds. The molecule has 3 aliphatic heterocycles. The highest BCUT2D eigenvalue weighted by Crippen LogP contribution is 2.47. The first-order valence-electron chi connectivity index (χ1n) is 32.2. The van der Waals surface area contributed by atoms with Crippen molar-refractivity contribution in [3.63, 3.8) is 0 Å². The molecule has 1 fully saturated rings. The van der Waals surface area contributed by atoms with Crippen molar-refractivity contribution in [3.05, 3.63) is 198 Å². The van der Waals surface area contributed by atoms with Crippen LogP contribution in [0.4, 0.5) is 10.1 Å². The summed E-state index contributed by atoms with van der Waals surface area (Å²) in [5, 5.41) is 24.0. The van der Waals surface area contributed by atoms with Crippen LogP contribution < -0.4 is 37.0 Å². The number of halogens is 1. The molecule has 0 radical (unpaired) electrons. The average molecular weight is 1370 g/mol. The number of thioether (sulfide) groups is 1. The van der Waals surface area contributed by atoms with Crippen molar-refractivity contribution in [2.24, 2.45) is 0 Å². The number of aliphatic hydroxyl groups is 1. The molecule has 2 aromatic heterocycles. The number of anilines is 1. The van der Waals surface area contributed by atoms with E-state index in [-0.39, 0.29) is 105 Å². The zero-order valence-electron chi connectivity index (χ0n) is 54.3. The monoisotopic (exact) mass is 1370 g/mol. The molecule has 6 N–H and O–H groups in total. The van der Waals surface area contributed by atoms with E-state index in [4.69, 9.17) is 28.7 Å². The first-order chi connectivity index (χ1) is 47.7. The Hall–Kier alpha value is -10.5. The molecular weight excluding hydrogens is 1300 g/mol. The van der Waals surface area contributed by atoms with E-state index in [1.807, 2.05) is 0 Å². The largest absolute Gasteiger partial charge is 0.458 e. The fourth-order valence-electron chi connectivity index (χ4n) is 12.6. The Morgan fingerprint density at radius 2 is 1.37 bits per heavy atom. The minimum absolute atomic E-state index is 0.00705. The van der Waals surface area contributed by atoms with Gasteiger partial charge in [-0.25, -0.2) is 28.7 Å². The summed E-state index contributed by atoms with van der Waals surface area (Å²) in [6.07, 6.45) is 1.21. The van der Waals surface area contributed by atoms with Gasteiger partial charge in [0.25, 0.3) is 5.56 Å². The minimum Gasteiger partial charge on any atom is -0.458 e. The summed E-state index contributed by atoms with van der Waals surface area (Å²) in [5.74, 6) is -7.90. The second-order valence-electron chi connectivity index (χ2n) is 24.1. The average Bonchev–Trinajstić information content (AvgIpc) is 1.60. The number of carbonyl (C=O) groups excluding carboxylic acids is 10. The van der Waals surface area contributed by atoms with Crippen molar-refractivity contribution < 1.29 is 81.1 Å². The Labute approximate surface area is 570 Å². The second-order valence-corrected chi connectivity index (χ2v) is 25.1.